The molecule has 9 nitrogen and oxygen atoms in total. The first kappa shape index (κ1) is 19.7. The summed E-state index contributed by atoms with van der Waals surface area (Å²) in [6.45, 7) is 4.79. The Morgan fingerprint density at radius 2 is 2.20 bits per heavy atom. The number of hydrogen-bond acceptors (Lipinski definition) is 7. The average molecular weight is 411 g/mol. The molecule has 1 amide bonds. The van der Waals surface area contributed by atoms with Crippen molar-refractivity contribution in [3.63, 3.8) is 0 Å². The van der Waals surface area contributed by atoms with Crippen LogP contribution in [0.1, 0.15) is 54.8 Å². The van der Waals surface area contributed by atoms with Gasteiger partial charge in [0.15, 0.2) is 5.67 Å². The number of fused-ring (bicyclic) bond motifs is 1. The molecule has 0 saturated heterocycles. The molecule has 156 valence electrons. The maximum Gasteiger partial charge on any atom is 0.312 e. The summed E-state index contributed by atoms with van der Waals surface area (Å²) >= 11 is 0. The van der Waals surface area contributed by atoms with Crippen LogP contribution in [0.3, 0.4) is 0 Å². The van der Waals surface area contributed by atoms with E-state index in [9.17, 15) is 9.18 Å². The summed E-state index contributed by atoms with van der Waals surface area (Å²) < 4.78 is 19.5. The van der Waals surface area contributed by atoms with Gasteiger partial charge in [0, 0.05) is 30.1 Å². The van der Waals surface area contributed by atoms with Gasteiger partial charge < -0.3 is 20.0 Å². The third kappa shape index (κ3) is 3.68. The van der Waals surface area contributed by atoms with E-state index in [1.165, 1.54) is 13.8 Å². The maximum atomic E-state index is 14.1. The minimum atomic E-state index is -1.85. The molecule has 2 aromatic rings. The average Bonchev–Trinajstić information content (AvgIpc) is 3.33. The zero-order chi connectivity index (χ0) is 21.5. The van der Waals surface area contributed by atoms with Crippen LogP contribution in [-0.4, -0.2) is 43.2 Å². The summed E-state index contributed by atoms with van der Waals surface area (Å²) in [4.78, 5) is 27.0. The third-order valence-electron chi connectivity index (χ3n) is 4.83. The van der Waals surface area contributed by atoms with Gasteiger partial charge in [-0.3, -0.25) is 9.79 Å². The molecule has 3 N–H and O–H groups in total. The van der Waals surface area contributed by atoms with Crippen molar-refractivity contribution in [2.24, 2.45) is 10.7 Å². The van der Waals surface area contributed by atoms with Gasteiger partial charge in [-0.05, 0) is 39.0 Å². The molecule has 0 aromatic carbocycles. The largest absolute Gasteiger partial charge is 0.413 e. The Balaban J connectivity index is 1.77. The predicted octanol–water partition coefficient (Wildman–Crippen LogP) is 2.49. The molecule has 0 spiro atoms. The van der Waals surface area contributed by atoms with E-state index in [0.717, 1.165) is 11.4 Å². The number of carbonyl (C=O) groups excluding carboxylic acids is 1. The highest BCUT2D eigenvalue weighted by Crippen LogP contribution is 2.32. The van der Waals surface area contributed by atoms with Gasteiger partial charge in [-0.2, -0.15) is 0 Å². The highest BCUT2D eigenvalue weighted by atomic mass is 19.1. The molecule has 0 unspecified atom stereocenters. The Morgan fingerprint density at radius 3 is 2.93 bits per heavy atom. The van der Waals surface area contributed by atoms with Gasteiger partial charge in [0.05, 0.1) is 17.7 Å². The minimum Gasteiger partial charge on any atom is -0.413 e. The van der Waals surface area contributed by atoms with Crippen LogP contribution in [0.2, 0.25) is 0 Å². The highest BCUT2D eigenvalue weighted by molar-refractivity contribution is 6.04. The van der Waals surface area contributed by atoms with Gasteiger partial charge in [0.2, 0.25) is 0 Å². The van der Waals surface area contributed by atoms with E-state index in [1.54, 1.807) is 23.4 Å². The van der Waals surface area contributed by atoms with E-state index in [-0.39, 0.29) is 11.8 Å². The summed E-state index contributed by atoms with van der Waals surface area (Å²) in [6, 6.07) is -0.616. The number of aromatic nitrogens is 4. The van der Waals surface area contributed by atoms with E-state index in [0.29, 0.717) is 30.1 Å². The normalized spacial score (nSPS) is 25.7. The first-order valence-corrected chi connectivity index (χ1v) is 9.51. The quantitative estimate of drug-likeness (QED) is 0.799. The molecule has 30 heavy (non-hydrogen) atoms. The van der Waals surface area contributed by atoms with Crippen LogP contribution in [0.4, 0.5) is 4.39 Å². The van der Waals surface area contributed by atoms with Gasteiger partial charge in [0.1, 0.15) is 6.04 Å². The molecule has 1 atom stereocenters. The number of H-pyrrole nitrogens is 1. The second-order valence-corrected chi connectivity index (χ2v) is 7.65. The van der Waals surface area contributed by atoms with E-state index in [1.807, 2.05) is 19.1 Å². The second-order valence-electron chi connectivity index (χ2n) is 7.65. The lowest BCUT2D eigenvalue weighted by Gasteiger charge is -2.34. The molecule has 2 aliphatic heterocycles. The van der Waals surface area contributed by atoms with Crippen LogP contribution in [0, 0.1) is 0 Å². The lowest BCUT2D eigenvalue weighted by Crippen LogP contribution is -2.43. The molecular formula is C20H22FN7O2. The van der Waals surface area contributed by atoms with Crippen molar-refractivity contribution in [3.8, 4) is 0 Å². The molecule has 4 heterocycles. The van der Waals surface area contributed by atoms with E-state index in [4.69, 9.17) is 10.2 Å². The van der Waals surface area contributed by atoms with Crippen LogP contribution in [0.25, 0.3) is 0 Å². The number of aliphatic imine (C=N–C) groups is 1. The molecule has 0 bridgehead atoms. The number of nitrogens with zero attached hydrogens (tertiary/aromatic N) is 5. The van der Waals surface area contributed by atoms with E-state index >= 15 is 0 Å². The summed E-state index contributed by atoms with van der Waals surface area (Å²) in [5, 5.41) is 7.45. The first-order valence-electron chi connectivity index (χ1n) is 9.51. The molecule has 0 aliphatic carbocycles. The van der Waals surface area contributed by atoms with Crippen LogP contribution >= 0.6 is 0 Å². The van der Waals surface area contributed by atoms with Gasteiger partial charge in [-0.15, -0.1) is 10.2 Å². The van der Waals surface area contributed by atoms with Crippen molar-refractivity contribution >= 4 is 11.6 Å². The van der Waals surface area contributed by atoms with Gasteiger partial charge in [-0.25, -0.2) is 9.37 Å². The fourth-order valence-electron chi connectivity index (χ4n) is 3.40. The molecule has 4 rings (SSSR count). The van der Waals surface area contributed by atoms with Crippen molar-refractivity contribution in [1.82, 2.24) is 25.1 Å². The Hall–Kier alpha value is -3.56. The molecular weight excluding hydrogens is 389 g/mol. The summed E-state index contributed by atoms with van der Waals surface area (Å²) in [7, 11) is 0. The molecule has 0 radical (unpaired) electrons. The standard InChI is InChI=1S/C20H22FN7O2/c1-11-5-4-6-12(22)9-14(25-11)16-15-13(23-10-24-15)7-8-28(16)18(29)17-26-27-19(30-17)20(2,3)21/h4-6,9-10,16H,7-8,22H2,1-3H3,(H,23,24)/b5-4?,6-4-,11-5-,12-6?,12-9-,14-9?,25-11?,25-14-/t16-/m0/s1. The van der Waals surface area contributed by atoms with Crippen molar-refractivity contribution in [2.75, 3.05) is 6.54 Å². The van der Waals surface area contributed by atoms with Crippen molar-refractivity contribution in [2.45, 2.75) is 38.9 Å². The Kier molecular flexibility index (Phi) is 4.84. The summed E-state index contributed by atoms with van der Waals surface area (Å²) in [5.41, 5.74) is 7.60. The van der Waals surface area contributed by atoms with Gasteiger partial charge in [-0.1, -0.05) is 6.08 Å². The highest BCUT2D eigenvalue weighted by Gasteiger charge is 2.39. The summed E-state index contributed by atoms with van der Waals surface area (Å²) in [5.74, 6) is -1.06. The fourth-order valence-corrected chi connectivity index (χ4v) is 3.40. The lowest BCUT2D eigenvalue weighted by atomic mass is 9.96. The predicted molar refractivity (Wildman–Crippen MR) is 107 cm³/mol. The number of nitrogens with two attached hydrogens (primary N) is 1. The molecule has 0 saturated carbocycles. The lowest BCUT2D eigenvalue weighted by molar-refractivity contribution is 0.0659. The molecule has 10 heteroatoms. The topological polar surface area (TPSA) is 126 Å². The van der Waals surface area contributed by atoms with Crippen LogP contribution < -0.4 is 5.73 Å². The number of imidazole rings is 1. The van der Waals surface area contributed by atoms with Gasteiger partial charge in [0.25, 0.3) is 5.89 Å². The molecule has 2 aliphatic rings. The molecule has 2 aromatic heterocycles. The third-order valence-corrected chi connectivity index (χ3v) is 4.83. The first-order chi connectivity index (χ1) is 14.2. The fraction of sp³-hybridized carbons (Fsp3) is 0.350. The minimum absolute atomic E-state index is 0.254. The number of carbonyl (C=O) groups is 1. The number of hydrogen-bond donors (Lipinski definition) is 2. The van der Waals surface area contributed by atoms with Gasteiger partial charge >= 0.3 is 11.8 Å². The van der Waals surface area contributed by atoms with Crippen LogP contribution in [0.15, 0.2) is 51.4 Å². The Labute approximate surface area is 172 Å². The van der Waals surface area contributed by atoms with Crippen LogP contribution in [0.5, 0.6) is 0 Å². The number of rotatable bonds is 3. The Morgan fingerprint density at radius 1 is 1.40 bits per heavy atom. The molecule has 0 fully saturated rings. The number of amides is 1. The number of aromatic amines is 1. The van der Waals surface area contributed by atoms with E-state index in [2.05, 4.69) is 25.2 Å². The zero-order valence-electron chi connectivity index (χ0n) is 16.9. The number of allylic oxidation sites excluding steroid dienone is 4. The maximum absolute atomic E-state index is 14.1. The smallest absolute Gasteiger partial charge is 0.312 e. The zero-order valence-corrected chi connectivity index (χ0v) is 16.9. The van der Waals surface area contributed by atoms with Crippen molar-refractivity contribution < 1.29 is 13.6 Å². The number of halogens is 1. The second kappa shape index (κ2) is 7.36. The van der Waals surface area contributed by atoms with E-state index < -0.39 is 17.6 Å². The van der Waals surface area contributed by atoms with Crippen molar-refractivity contribution in [3.05, 3.63) is 65.2 Å². The van der Waals surface area contributed by atoms with Crippen molar-refractivity contribution in [1.29, 1.82) is 0 Å². The number of nitrogens with one attached hydrogen (secondary N) is 1. The Bertz CT molecular complexity index is 1100. The van der Waals surface area contributed by atoms with Crippen LogP contribution in [-0.2, 0) is 12.1 Å². The SMILES string of the molecule is CC1=C/C=C\C(N)=C\C([C@H]2c3nc[nH]c3CCN2C(=O)c2nnc(C(C)(C)F)o2)=N\1. The number of alkyl halides is 1. The summed E-state index contributed by atoms with van der Waals surface area (Å²) in [6.07, 6.45) is 9.26. The monoisotopic (exact) mass is 411 g/mol.